The molecule has 1 fully saturated rings. The molecule has 4 rings (SSSR count). The van der Waals surface area contributed by atoms with Crippen molar-refractivity contribution in [3.8, 4) is 11.6 Å². The summed E-state index contributed by atoms with van der Waals surface area (Å²) in [6, 6.07) is 7.81. The van der Waals surface area contributed by atoms with Gasteiger partial charge >= 0.3 is 6.09 Å². The minimum Gasteiger partial charge on any atom is -0.490 e. The fourth-order valence-electron chi connectivity index (χ4n) is 5.22. The normalized spacial score (nSPS) is 20.7. The van der Waals surface area contributed by atoms with Crippen LogP contribution in [0, 0.1) is 6.92 Å². The molecular formula is C31H41N3O5. The van der Waals surface area contributed by atoms with E-state index in [1.807, 2.05) is 45.9 Å². The number of hydrogen-bond donors (Lipinski definition) is 2. The molecule has 1 aliphatic heterocycles. The number of alkyl carbamates (subject to hydrolysis) is 1. The number of nitrogens with one attached hydrogen (secondary N) is 2. The van der Waals surface area contributed by atoms with Gasteiger partial charge in [-0.25, -0.2) is 9.78 Å². The van der Waals surface area contributed by atoms with Crippen LogP contribution in [0.3, 0.4) is 0 Å². The first-order valence-electron chi connectivity index (χ1n) is 13.9. The van der Waals surface area contributed by atoms with E-state index in [2.05, 4.69) is 33.8 Å². The van der Waals surface area contributed by atoms with Gasteiger partial charge in [-0.3, -0.25) is 4.79 Å². The van der Waals surface area contributed by atoms with Crippen molar-refractivity contribution in [1.82, 2.24) is 15.6 Å². The van der Waals surface area contributed by atoms with E-state index >= 15 is 0 Å². The van der Waals surface area contributed by atoms with Crippen molar-refractivity contribution in [2.24, 2.45) is 0 Å². The molecule has 1 saturated carbocycles. The minimum atomic E-state index is -0.517. The SMILES string of the molecule is COc1nc(C)cc2c1CNC(=O)c1cccc(OC3CCC(NC(=O)OC(C)(C)C)CC3)c1C/C=C/CC2. The van der Waals surface area contributed by atoms with E-state index in [-0.39, 0.29) is 24.1 Å². The lowest BCUT2D eigenvalue weighted by Gasteiger charge is -2.31. The van der Waals surface area contributed by atoms with Gasteiger partial charge in [-0.05, 0) is 96.4 Å². The fraction of sp³-hybridized carbons (Fsp3) is 0.516. The molecule has 1 aliphatic carbocycles. The lowest BCUT2D eigenvalue weighted by Crippen LogP contribution is -2.42. The Bertz CT molecular complexity index is 1210. The van der Waals surface area contributed by atoms with E-state index in [4.69, 9.17) is 14.2 Å². The Labute approximate surface area is 231 Å². The number of hydrogen-bond acceptors (Lipinski definition) is 6. The molecule has 210 valence electrons. The van der Waals surface area contributed by atoms with Crippen LogP contribution in [0.4, 0.5) is 4.79 Å². The number of amides is 2. The number of methoxy groups -OCH3 is 1. The highest BCUT2D eigenvalue weighted by Crippen LogP contribution is 2.30. The van der Waals surface area contributed by atoms with Crippen LogP contribution in [0.15, 0.2) is 36.4 Å². The maximum absolute atomic E-state index is 13.4. The predicted octanol–water partition coefficient (Wildman–Crippen LogP) is 5.59. The molecule has 8 nitrogen and oxygen atoms in total. The molecular weight excluding hydrogens is 494 g/mol. The number of rotatable bonds is 4. The highest BCUT2D eigenvalue weighted by atomic mass is 16.6. The smallest absolute Gasteiger partial charge is 0.407 e. The van der Waals surface area contributed by atoms with Gasteiger partial charge in [0.1, 0.15) is 11.4 Å². The monoisotopic (exact) mass is 535 g/mol. The third kappa shape index (κ3) is 7.74. The Hall–Kier alpha value is -3.55. The lowest BCUT2D eigenvalue weighted by atomic mass is 9.92. The largest absolute Gasteiger partial charge is 0.490 e. The Morgan fingerprint density at radius 2 is 1.87 bits per heavy atom. The predicted molar refractivity (Wildman–Crippen MR) is 150 cm³/mol. The van der Waals surface area contributed by atoms with Crippen LogP contribution in [0.25, 0.3) is 0 Å². The van der Waals surface area contributed by atoms with Crippen molar-refractivity contribution >= 4 is 12.0 Å². The van der Waals surface area contributed by atoms with Crippen LogP contribution in [0.2, 0.25) is 0 Å². The first kappa shape index (κ1) is 28.5. The Morgan fingerprint density at radius 1 is 1.10 bits per heavy atom. The van der Waals surface area contributed by atoms with Crippen molar-refractivity contribution in [2.75, 3.05) is 7.11 Å². The molecule has 2 aliphatic rings. The summed E-state index contributed by atoms with van der Waals surface area (Å²) in [6.45, 7) is 7.87. The van der Waals surface area contributed by atoms with Crippen LogP contribution >= 0.6 is 0 Å². The molecule has 0 bridgehead atoms. The van der Waals surface area contributed by atoms with E-state index in [9.17, 15) is 9.59 Å². The van der Waals surface area contributed by atoms with Crippen molar-refractivity contribution in [1.29, 1.82) is 0 Å². The maximum atomic E-state index is 13.4. The summed E-state index contributed by atoms with van der Waals surface area (Å²) in [5, 5.41) is 6.07. The van der Waals surface area contributed by atoms with Gasteiger partial charge in [0.05, 0.1) is 13.2 Å². The summed E-state index contributed by atoms with van der Waals surface area (Å²) in [5.41, 5.74) is 3.93. The average molecular weight is 536 g/mol. The molecule has 0 radical (unpaired) electrons. The topological polar surface area (TPSA) is 98.8 Å². The molecule has 2 aromatic rings. The van der Waals surface area contributed by atoms with Gasteiger partial charge in [0.25, 0.3) is 5.91 Å². The van der Waals surface area contributed by atoms with Crippen LogP contribution in [-0.2, 0) is 24.1 Å². The second kappa shape index (κ2) is 12.5. The zero-order valence-corrected chi connectivity index (χ0v) is 23.8. The van der Waals surface area contributed by atoms with Gasteiger partial charge in [-0.15, -0.1) is 0 Å². The highest BCUT2D eigenvalue weighted by Gasteiger charge is 2.27. The average Bonchev–Trinajstić information content (AvgIpc) is 2.87. The number of fused-ring (bicyclic) bond motifs is 2. The number of ether oxygens (including phenoxy) is 3. The van der Waals surface area contributed by atoms with Crippen molar-refractivity contribution in [2.45, 2.75) is 96.9 Å². The zero-order valence-electron chi connectivity index (χ0n) is 23.8. The quantitative estimate of drug-likeness (QED) is 0.496. The summed E-state index contributed by atoms with van der Waals surface area (Å²) in [4.78, 5) is 30.0. The van der Waals surface area contributed by atoms with E-state index in [1.54, 1.807) is 7.11 Å². The summed E-state index contributed by atoms with van der Waals surface area (Å²) in [7, 11) is 1.61. The molecule has 0 spiro atoms. The standard InChI is InChI=1S/C31H41N3O5/c1-20-18-21-10-7-6-8-11-24-25(28(35)32-19-26(21)29(33-20)37-5)12-9-13-27(24)38-23-16-14-22(15-17-23)34-30(36)39-31(2,3)4/h6,8-9,12-13,18,22-23H,7,10-11,14-17,19H2,1-5H3,(H,32,35)(H,34,36)/b8-6+. The molecule has 1 aromatic carbocycles. The van der Waals surface area contributed by atoms with E-state index in [1.165, 1.54) is 0 Å². The maximum Gasteiger partial charge on any atom is 0.407 e. The number of aromatic nitrogens is 1. The van der Waals surface area contributed by atoms with Gasteiger partial charge in [0.15, 0.2) is 0 Å². The molecule has 0 unspecified atom stereocenters. The number of carbonyl (C=O) groups is 2. The van der Waals surface area contributed by atoms with E-state index < -0.39 is 5.60 Å². The Kier molecular flexibility index (Phi) is 9.15. The third-order valence-corrected chi connectivity index (χ3v) is 7.06. The number of carbonyl (C=O) groups excluding carboxylic acids is 2. The first-order valence-corrected chi connectivity index (χ1v) is 13.9. The van der Waals surface area contributed by atoms with Crippen molar-refractivity contribution < 1.29 is 23.8 Å². The van der Waals surface area contributed by atoms with Gasteiger partial charge in [0.2, 0.25) is 5.88 Å². The van der Waals surface area contributed by atoms with Gasteiger partial charge in [-0.2, -0.15) is 0 Å². The second-order valence-corrected chi connectivity index (χ2v) is 11.3. The molecule has 0 atom stereocenters. The van der Waals surface area contributed by atoms with Gasteiger partial charge < -0.3 is 24.8 Å². The van der Waals surface area contributed by atoms with Crippen molar-refractivity contribution in [3.05, 3.63) is 64.4 Å². The Morgan fingerprint density at radius 3 is 2.59 bits per heavy atom. The van der Waals surface area contributed by atoms with Crippen LogP contribution in [0.5, 0.6) is 11.6 Å². The lowest BCUT2D eigenvalue weighted by molar-refractivity contribution is 0.0470. The number of benzene rings is 1. The summed E-state index contributed by atoms with van der Waals surface area (Å²) in [6.07, 6.45) is 9.51. The fourth-order valence-corrected chi connectivity index (χ4v) is 5.22. The number of nitrogens with zero attached hydrogens (tertiary/aromatic N) is 1. The van der Waals surface area contributed by atoms with Crippen molar-refractivity contribution in [3.63, 3.8) is 0 Å². The second-order valence-electron chi connectivity index (χ2n) is 11.3. The molecule has 8 heteroatoms. The Balaban J connectivity index is 1.46. The number of pyridine rings is 1. The summed E-state index contributed by atoms with van der Waals surface area (Å²) in [5.74, 6) is 1.15. The highest BCUT2D eigenvalue weighted by molar-refractivity contribution is 5.96. The van der Waals surface area contributed by atoms with E-state index in [0.29, 0.717) is 24.4 Å². The zero-order chi connectivity index (χ0) is 28.0. The van der Waals surface area contributed by atoms with E-state index in [0.717, 1.165) is 66.7 Å². The van der Waals surface area contributed by atoms with Crippen LogP contribution in [0.1, 0.15) is 85.6 Å². The van der Waals surface area contributed by atoms with Gasteiger partial charge in [-0.1, -0.05) is 18.2 Å². The third-order valence-electron chi connectivity index (χ3n) is 7.06. The molecule has 2 heterocycles. The van der Waals surface area contributed by atoms with Crippen LogP contribution < -0.4 is 20.1 Å². The number of aryl methyl sites for hydroxylation is 2. The summed E-state index contributed by atoms with van der Waals surface area (Å²) < 4.78 is 17.4. The summed E-state index contributed by atoms with van der Waals surface area (Å²) >= 11 is 0. The van der Waals surface area contributed by atoms with Crippen LogP contribution in [-0.4, -0.2) is 41.8 Å². The molecule has 2 N–H and O–H groups in total. The molecule has 39 heavy (non-hydrogen) atoms. The number of allylic oxidation sites excluding steroid dienone is 2. The first-order chi connectivity index (χ1) is 18.6. The minimum absolute atomic E-state index is 0.0204. The molecule has 1 aromatic heterocycles. The van der Waals surface area contributed by atoms with Gasteiger partial charge in [0, 0.05) is 35.0 Å². The molecule has 2 amide bonds. The molecule has 0 saturated heterocycles.